The van der Waals surface area contributed by atoms with Gasteiger partial charge in [-0.3, -0.25) is 9.59 Å². The van der Waals surface area contributed by atoms with Gasteiger partial charge in [-0.15, -0.1) is 0 Å². The van der Waals surface area contributed by atoms with Crippen LogP contribution in [0.5, 0.6) is 0 Å². The molecule has 1 aliphatic rings. The number of hydrogen-bond acceptors (Lipinski definition) is 3. The minimum Gasteiger partial charge on any atom is -0.352 e. The van der Waals surface area contributed by atoms with E-state index in [1.807, 2.05) is 13.0 Å². The van der Waals surface area contributed by atoms with Gasteiger partial charge in [-0.25, -0.2) is 0 Å². The van der Waals surface area contributed by atoms with Crippen LogP contribution in [0, 0.1) is 0 Å². The molecule has 1 heterocycles. The van der Waals surface area contributed by atoms with E-state index < -0.39 is 0 Å². The molecule has 1 unspecified atom stereocenters. The molecule has 1 aliphatic heterocycles. The Labute approximate surface area is 119 Å². The van der Waals surface area contributed by atoms with Crippen LogP contribution in [-0.4, -0.2) is 30.9 Å². The minimum absolute atomic E-state index is 0.0730. The van der Waals surface area contributed by atoms with Gasteiger partial charge in [0, 0.05) is 36.8 Å². The van der Waals surface area contributed by atoms with Crippen molar-refractivity contribution in [2.45, 2.75) is 32.2 Å². The molecular weight excluding hydrogens is 254 g/mol. The first-order valence-electron chi connectivity index (χ1n) is 7.02. The van der Waals surface area contributed by atoms with E-state index in [-0.39, 0.29) is 17.9 Å². The van der Waals surface area contributed by atoms with Crippen LogP contribution >= 0.6 is 0 Å². The van der Waals surface area contributed by atoms with E-state index in [9.17, 15) is 9.59 Å². The van der Waals surface area contributed by atoms with Crippen molar-refractivity contribution in [1.29, 1.82) is 0 Å². The van der Waals surface area contributed by atoms with Crippen molar-refractivity contribution in [3.8, 4) is 0 Å². The zero-order valence-electron chi connectivity index (χ0n) is 11.8. The average Bonchev–Trinajstić information content (AvgIpc) is 2.84. The Hall–Kier alpha value is -1.88. The summed E-state index contributed by atoms with van der Waals surface area (Å²) >= 11 is 0. The summed E-state index contributed by atoms with van der Waals surface area (Å²) in [6.45, 7) is 3.20. The van der Waals surface area contributed by atoms with Crippen molar-refractivity contribution in [2.75, 3.05) is 18.0 Å². The molecule has 0 saturated carbocycles. The predicted octanol–water partition coefficient (Wildman–Crippen LogP) is 1.28. The van der Waals surface area contributed by atoms with Gasteiger partial charge in [0.25, 0.3) is 5.91 Å². The molecule has 3 N–H and O–H groups in total. The molecule has 1 aromatic rings. The average molecular weight is 275 g/mol. The van der Waals surface area contributed by atoms with Crippen LogP contribution in [0.2, 0.25) is 0 Å². The minimum atomic E-state index is -0.126. The maximum absolute atomic E-state index is 12.0. The van der Waals surface area contributed by atoms with Crippen LogP contribution in [0.3, 0.4) is 0 Å². The van der Waals surface area contributed by atoms with Crippen molar-refractivity contribution in [3.05, 3.63) is 29.8 Å². The summed E-state index contributed by atoms with van der Waals surface area (Å²) in [7, 11) is 0. The number of nitrogens with two attached hydrogens (primary N) is 1. The number of rotatable bonds is 5. The van der Waals surface area contributed by atoms with Gasteiger partial charge in [0.05, 0.1) is 0 Å². The van der Waals surface area contributed by atoms with E-state index in [4.69, 9.17) is 5.73 Å². The van der Waals surface area contributed by atoms with Crippen molar-refractivity contribution in [3.63, 3.8) is 0 Å². The number of nitrogens with one attached hydrogen (secondary N) is 1. The number of amides is 2. The Bertz CT molecular complexity index is 500. The van der Waals surface area contributed by atoms with Gasteiger partial charge in [0.1, 0.15) is 0 Å². The van der Waals surface area contributed by atoms with Crippen LogP contribution in [0.1, 0.15) is 36.5 Å². The highest BCUT2D eigenvalue weighted by Gasteiger charge is 2.22. The zero-order chi connectivity index (χ0) is 14.5. The third-order valence-electron chi connectivity index (χ3n) is 3.38. The second-order valence-corrected chi connectivity index (χ2v) is 5.22. The highest BCUT2D eigenvalue weighted by molar-refractivity contribution is 5.99. The lowest BCUT2D eigenvalue weighted by molar-refractivity contribution is -0.117. The SMILES string of the molecule is CC(N)CCNC(=O)c1cccc(N2CCCC2=O)c1. The molecule has 5 nitrogen and oxygen atoms in total. The zero-order valence-corrected chi connectivity index (χ0v) is 11.8. The fraction of sp³-hybridized carbons (Fsp3) is 0.467. The Kier molecular flexibility index (Phi) is 4.74. The maximum atomic E-state index is 12.0. The van der Waals surface area contributed by atoms with Crippen molar-refractivity contribution in [1.82, 2.24) is 5.32 Å². The summed E-state index contributed by atoms with van der Waals surface area (Å²) in [4.78, 5) is 25.5. The van der Waals surface area contributed by atoms with Crippen LogP contribution in [-0.2, 0) is 4.79 Å². The van der Waals surface area contributed by atoms with Crippen LogP contribution < -0.4 is 16.0 Å². The second-order valence-electron chi connectivity index (χ2n) is 5.22. The molecule has 2 rings (SSSR count). The van der Waals surface area contributed by atoms with E-state index in [2.05, 4.69) is 5.32 Å². The first kappa shape index (κ1) is 14.5. The Morgan fingerprint density at radius 2 is 2.30 bits per heavy atom. The van der Waals surface area contributed by atoms with Gasteiger partial charge in [0.15, 0.2) is 0 Å². The quantitative estimate of drug-likeness (QED) is 0.850. The number of carbonyl (C=O) groups is 2. The van der Waals surface area contributed by atoms with Gasteiger partial charge >= 0.3 is 0 Å². The molecule has 0 bridgehead atoms. The Morgan fingerprint density at radius 1 is 1.50 bits per heavy atom. The lowest BCUT2D eigenvalue weighted by atomic mass is 10.1. The highest BCUT2D eigenvalue weighted by Crippen LogP contribution is 2.22. The Balaban J connectivity index is 2.02. The molecule has 108 valence electrons. The smallest absolute Gasteiger partial charge is 0.251 e. The molecule has 1 fully saturated rings. The van der Waals surface area contributed by atoms with E-state index in [0.717, 1.165) is 25.1 Å². The monoisotopic (exact) mass is 275 g/mol. The number of benzene rings is 1. The fourth-order valence-corrected chi connectivity index (χ4v) is 2.25. The molecule has 2 amide bonds. The molecule has 0 spiro atoms. The topological polar surface area (TPSA) is 75.4 Å². The number of anilines is 1. The third kappa shape index (κ3) is 3.57. The molecule has 1 aromatic carbocycles. The predicted molar refractivity (Wildman–Crippen MR) is 78.6 cm³/mol. The third-order valence-corrected chi connectivity index (χ3v) is 3.38. The number of carbonyl (C=O) groups excluding carboxylic acids is 2. The molecule has 5 heteroatoms. The molecule has 0 radical (unpaired) electrons. The summed E-state index contributed by atoms with van der Waals surface area (Å²) in [5.41, 5.74) is 7.02. The summed E-state index contributed by atoms with van der Waals surface area (Å²) < 4.78 is 0. The molecule has 20 heavy (non-hydrogen) atoms. The summed E-state index contributed by atoms with van der Waals surface area (Å²) in [5.74, 6) is -0.00124. The van der Waals surface area contributed by atoms with E-state index in [0.29, 0.717) is 18.5 Å². The van der Waals surface area contributed by atoms with Crippen LogP contribution in [0.15, 0.2) is 24.3 Å². The van der Waals surface area contributed by atoms with E-state index in [1.54, 1.807) is 23.1 Å². The maximum Gasteiger partial charge on any atom is 0.251 e. The fourth-order valence-electron chi connectivity index (χ4n) is 2.25. The highest BCUT2D eigenvalue weighted by atomic mass is 16.2. The van der Waals surface area contributed by atoms with Gasteiger partial charge in [-0.05, 0) is 38.0 Å². The van der Waals surface area contributed by atoms with E-state index in [1.165, 1.54) is 0 Å². The second kappa shape index (κ2) is 6.52. The lowest BCUT2D eigenvalue weighted by Gasteiger charge is -2.16. The molecule has 1 atom stereocenters. The van der Waals surface area contributed by atoms with Crippen molar-refractivity contribution < 1.29 is 9.59 Å². The summed E-state index contributed by atoms with van der Waals surface area (Å²) in [6, 6.07) is 7.27. The van der Waals surface area contributed by atoms with Crippen LogP contribution in [0.4, 0.5) is 5.69 Å². The summed E-state index contributed by atoms with van der Waals surface area (Å²) in [5, 5.41) is 2.84. The van der Waals surface area contributed by atoms with Gasteiger partial charge in [-0.1, -0.05) is 6.07 Å². The molecule has 1 saturated heterocycles. The van der Waals surface area contributed by atoms with Gasteiger partial charge < -0.3 is 16.0 Å². The van der Waals surface area contributed by atoms with E-state index >= 15 is 0 Å². The van der Waals surface area contributed by atoms with Crippen molar-refractivity contribution in [2.24, 2.45) is 5.73 Å². The summed E-state index contributed by atoms with van der Waals surface area (Å²) in [6.07, 6.45) is 2.21. The molecular formula is C15H21N3O2. The number of hydrogen-bond donors (Lipinski definition) is 2. The van der Waals surface area contributed by atoms with Crippen LogP contribution in [0.25, 0.3) is 0 Å². The van der Waals surface area contributed by atoms with Gasteiger partial charge in [0.2, 0.25) is 5.91 Å². The largest absolute Gasteiger partial charge is 0.352 e. The first-order chi connectivity index (χ1) is 9.58. The van der Waals surface area contributed by atoms with Gasteiger partial charge in [-0.2, -0.15) is 0 Å². The normalized spacial score (nSPS) is 16.3. The van der Waals surface area contributed by atoms with Crippen molar-refractivity contribution >= 4 is 17.5 Å². The molecule has 0 aromatic heterocycles. The number of nitrogens with zero attached hydrogens (tertiary/aromatic N) is 1. The standard InChI is InChI=1S/C15H21N3O2/c1-11(16)7-8-17-15(20)12-4-2-5-13(10-12)18-9-3-6-14(18)19/h2,4-5,10-11H,3,6-9,16H2,1H3,(H,17,20). The molecule has 0 aliphatic carbocycles. The first-order valence-corrected chi connectivity index (χ1v) is 7.02. The lowest BCUT2D eigenvalue weighted by Crippen LogP contribution is -2.29. The Morgan fingerprint density at radius 3 is 2.95 bits per heavy atom.